The molecule has 0 amide bonds. The van der Waals surface area contributed by atoms with Crippen molar-refractivity contribution >= 4 is 21.7 Å². The molecule has 1 saturated heterocycles. The summed E-state index contributed by atoms with van der Waals surface area (Å²) >= 11 is 3.35. The van der Waals surface area contributed by atoms with Gasteiger partial charge in [-0.25, -0.2) is 9.97 Å². The molecule has 0 radical (unpaired) electrons. The van der Waals surface area contributed by atoms with E-state index in [-0.39, 0.29) is 0 Å². The van der Waals surface area contributed by atoms with Crippen LogP contribution in [0.15, 0.2) is 17.0 Å². The first-order valence-corrected chi connectivity index (χ1v) is 6.35. The van der Waals surface area contributed by atoms with Crippen LogP contribution in [-0.4, -0.2) is 36.3 Å². The zero-order valence-electron chi connectivity index (χ0n) is 9.40. The standard InChI is InChI=1S/C11H16BrN3O/c1-15(7-9-4-2-3-5-16-9)11-6-10(12)13-8-14-11/h6,8-9H,2-5,7H2,1H3. The number of nitrogens with zero attached hydrogens (tertiary/aromatic N) is 3. The molecule has 0 bridgehead atoms. The number of aromatic nitrogens is 2. The summed E-state index contributed by atoms with van der Waals surface area (Å²) in [6, 6.07) is 1.92. The Balaban J connectivity index is 1.94. The maximum Gasteiger partial charge on any atom is 0.132 e. The monoisotopic (exact) mass is 285 g/mol. The lowest BCUT2D eigenvalue weighted by Crippen LogP contribution is -2.33. The Kier molecular flexibility index (Phi) is 4.12. The van der Waals surface area contributed by atoms with Crippen molar-refractivity contribution in [2.24, 2.45) is 0 Å². The van der Waals surface area contributed by atoms with E-state index < -0.39 is 0 Å². The van der Waals surface area contributed by atoms with Crippen molar-refractivity contribution in [1.82, 2.24) is 9.97 Å². The normalized spacial score (nSPS) is 20.8. The number of likely N-dealkylation sites (N-methyl/N-ethyl adjacent to an activating group) is 1. The number of anilines is 1. The average Bonchev–Trinajstić information content (AvgIpc) is 2.30. The molecule has 5 heteroatoms. The SMILES string of the molecule is CN(CC1CCCCO1)c1cc(Br)ncn1. The molecule has 88 valence electrons. The molecule has 1 fully saturated rings. The van der Waals surface area contributed by atoms with Gasteiger partial charge in [-0.05, 0) is 35.2 Å². The van der Waals surface area contributed by atoms with Gasteiger partial charge in [0.15, 0.2) is 0 Å². The lowest BCUT2D eigenvalue weighted by molar-refractivity contribution is 0.0215. The highest BCUT2D eigenvalue weighted by Gasteiger charge is 2.16. The molecule has 1 unspecified atom stereocenters. The number of halogens is 1. The average molecular weight is 286 g/mol. The van der Waals surface area contributed by atoms with Crippen LogP contribution in [0.25, 0.3) is 0 Å². The van der Waals surface area contributed by atoms with Gasteiger partial charge in [0, 0.05) is 26.3 Å². The van der Waals surface area contributed by atoms with Crippen molar-refractivity contribution in [2.45, 2.75) is 25.4 Å². The fourth-order valence-corrected chi connectivity index (χ4v) is 2.18. The highest BCUT2D eigenvalue weighted by molar-refractivity contribution is 9.10. The van der Waals surface area contributed by atoms with Crippen LogP contribution >= 0.6 is 15.9 Å². The van der Waals surface area contributed by atoms with Crippen molar-refractivity contribution in [3.8, 4) is 0 Å². The number of rotatable bonds is 3. The Morgan fingerprint density at radius 2 is 2.38 bits per heavy atom. The minimum Gasteiger partial charge on any atom is -0.376 e. The third-order valence-electron chi connectivity index (χ3n) is 2.76. The Bertz CT molecular complexity index is 342. The summed E-state index contributed by atoms with van der Waals surface area (Å²) in [6.07, 6.45) is 5.52. The quantitative estimate of drug-likeness (QED) is 0.799. The zero-order valence-corrected chi connectivity index (χ0v) is 11.0. The Morgan fingerprint density at radius 1 is 1.50 bits per heavy atom. The van der Waals surface area contributed by atoms with Crippen LogP contribution in [0.3, 0.4) is 0 Å². The molecule has 0 aliphatic carbocycles. The molecule has 1 aliphatic rings. The molecule has 0 saturated carbocycles. The first-order valence-electron chi connectivity index (χ1n) is 5.56. The Labute approximate surface area is 104 Å². The lowest BCUT2D eigenvalue weighted by atomic mass is 10.1. The molecule has 0 aromatic carbocycles. The van der Waals surface area contributed by atoms with Crippen molar-refractivity contribution in [3.63, 3.8) is 0 Å². The molecule has 2 rings (SSSR count). The molecule has 0 spiro atoms. The largest absolute Gasteiger partial charge is 0.376 e. The summed E-state index contributed by atoms with van der Waals surface area (Å²) in [5.74, 6) is 0.927. The summed E-state index contributed by atoms with van der Waals surface area (Å²) in [4.78, 5) is 10.4. The van der Waals surface area contributed by atoms with E-state index in [0.717, 1.165) is 30.0 Å². The topological polar surface area (TPSA) is 38.2 Å². The van der Waals surface area contributed by atoms with Crippen LogP contribution in [0.5, 0.6) is 0 Å². The molecule has 0 N–H and O–H groups in total. The smallest absolute Gasteiger partial charge is 0.132 e. The molecular formula is C11H16BrN3O. The third-order valence-corrected chi connectivity index (χ3v) is 3.20. The van der Waals surface area contributed by atoms with E-state index >= 15 is 0 Å². The van der Waals surface area contributed by atoms with Crippen molar-refractivity contribution in [1.29, 1.82) is 0 Å². The molecule has 4 nitrogen and oxygen atoms in total. The molecule has 2 heterocycles. The van der Waals surface area contributed by atoms with E-state index in [0.29, 0.717) is 6.10 Å². The summed E-state index contributed by atoms with van der Waals surface area (Å²) in [5.41, 5.74) is 0. The van der Waals surface area contributed by atoms with Crippen LogP contribution in [-0.2, 0) is 4.74 Å². The van der Waals surface area contributed by atoms with Gasteiger partial charge in [0.1, 0.15) is 16.7 Å². The first kappa shape index (κ1) is 11.8. The maximum atomic E-state index is 5.70. The lowest BCUT2D eigenvalue weighted by Gasteiger charge is -2.27. The van der Waals surface area contributed by atoms with E-state index in [1.54, 1.807) is 6.33 Å². The molecule has 16 heavy (non-hydrogen) atoms. The van der Waals surface area contributed by atoms with E-state index in [1.807, 2.05) is 13.1 Å². The molecular weight excluding hydrogens is 270 g/mol. The first-order chi connectivity index (χ1) is 7.75. The molecule has 1 aromatic rings. The van der Waals surface area contributed by atoms with Gasteiger partial charge in [0.05, 0.1) is 6.10 Å². The number of hydrogen-bond acceptors (Lipinski definition) is 4. The van der Waals surface area contributed by atoms with Gasteiger partial charge in [-0.3, -0.25) is 0 Å². The third kappa shape index (κ3) is 3.15. The summed E-state index contributed by atoms with van der Waals surface area (Å²) in [7, 11) is 2.03. The molecule has 1 aliphatic heterocycles. The van der Waals surface area contributed by atoms with E-state index in [4.69, 9.17) is 4.74 Å². The van der Waals surface area contributed by atoms with Gasteiger partial charge in [-0.1, -0.05) is 0 Å². The van der Waals surface area contributed by atoms with Gasteiger partial charge < -0.3 is 9.64 Å². The Morgan fingerprint density at radius 3 is 3.06 bits per heavy atom. The zero-order chi connectivity index (χ0) is 11.4. The number of ether oxygens (including phenoxy) is 1. The van der Waals surface area contributed by atoms with Gasteiger partial charge in [-0.2, -0.15) is 0 Å². The van der Waals surface area contributed by atoms with Crippen molar-refractivity contribution < 1.29 is 4.74 Å². The van der Waals surface area contributed by atoms with E-state index in [9.17, 15) is 0 Å². The van der Waals surface area contributed by atoms with Crippen LogP contribution in [0.4, 0.5) is 5.82 Å². The fraction of sp³-hybridized carbons (Fsp3) is 0.636. The molecule has 1 aromatic heterocycles. The number of hydrogen-bond donors (Lipinski definition) is 0. The Hall–Kier alpha value is -0.680. The summed E-state index contributed by atoms with van der Waals surface area (Å²) in [5, 5.41) is 0. The van der Waals surface area contributed by atoms with Crippen LogP contribution in [0, 0.1) is 0 Å². The van der Waals surface area contributed by atoms with Gasteiger partial charge in [-0.15, -0.1) is 0 Å². The van der Waals surface area contributed by atoms with Crippen molar-refractivity contribution in [2.75, 3.05) is 25.1 Å². The summed E-state index contributed by atoms with van der Waals surface area (Å²) in [6.45, 7) is 1.79. The second-order valence-electron chi connectivity index (χ2n) is 4.07. The second-order valence-corrected chi connectivity index (χ2v) is 4.88. The highest BCUT2D eigenvalue weighted by Crippen LogP contribution is 2.17. The fourth-order valence-electron chi connectivity index (χ4n) is 1.88. The minimum atomic E-state index is 0.340. The van der Waals surface area contributed by atoms with Gasteiger partial charge >= 0.3 is 0 Å². The summed E-state index contributed by atoms with van der Waals surface area (Å²) < 4.78 is 6.52. The van der Waals surface area contributed by atoms with E-state index in [1.165, 1.54) is 12.8 Å². The van der Waals surface area contributed by atoms with Crippen LogP contribution in [0.1, 0.15) is 19.3 Å². The highest BCUT2D eigenvalue weighted by atomic mass is 79.9. The van der Waals surface area contributed by atoms with Gasteiger partial charge in [0.2, 0.25) is 0 Å². The van der Waals surface area contributed by atoms with Crippen molar-refractivity contribution in [3.05, 3.63) is 17.0 Å². The maximum absolute atomic E-state index is 5.70. The minimum absolute atomic E-state index is 0.340. The van der Waals surface area contributed by atoms with E-state index in [2.05, 4.69) is 30.8 Å². The predicted molar refractivity (Wildman–Crippen MR) is 66.6 cm³/mol. The van der Waals surface area contributed by atoms with Crippen LogP contribution < -0.4 is 4.90 Å². The molecule has 1 atom stereocenters. The van der Waals surface area contributed by atoms with Crippen LogP contribution in [0.2, 0.25) is 0 Å². The van der Waals surface area contributed by atoms with Gasteiger partial charge in [0.25, 0.3) is 0 Å². The second kappa shape index (κ2) is 5.59. The predicted octanol–water partition coefficient (Wildman–Crippen LogP) is 2.24.